The minimum absolute atomic E-state index is 0.145. The lowest BCUT2D eigenvalue weighted by molar-refractivity contribution is -0.137. The Morgan fingerprint density at radius 1 is 1.19 bits per heavy atom. The predicted molar refractivity (Wildman–Crippen MR) is 73.5 cm³/mol. The van der Waals surface area contributed by atoms with E-state index in [1.807, 2.05) is 23.0 Å². The molecule has 0 aliphatic rings. The number of aromatic nitrogens is 1. The van der Waals surface area contributed by atoms with Gasteiger partial charge in [-0.25, -0.2) is 4.39 Å². The number of hydrogen-bond donors (Lipinski definition) is 1. The summed E-state index contributed by atoms with van der Waals surface area (Å²) in [6, 6.07) is 4.21. The first-order valence-corrected chi connectivity index (χ1v) is 6.65. The van der Waals surface area contributed by atoms with Crippen LogP contribution in [0, 0.1) is 5.82 Å². The molecule has 0 fully saturated rings. The smallest absolute Gasteiger partial charge is 0.379 e. The van der Waals surface area contributed by atoms with Gasteiger partial charge in [0.2, 0.25) is 0 Å². The second-order valence-electron chi connectivity index (χ2n) is 4.80. The van der Waals surface area contributed by atoms with Gasteiger partial charge in [0.15, 0.2) is 0 Å². The molecule has 1 N–H and O–H groups in total. The van der Waals surface area contributed by atoms with Crippen LogP contribution in [0.3, 0.4) is 0 Å². The summed E-state index contributed by atoms with van der Waals surface area (Å²) >= 11 is 0. The van der Waals surface area contributed by atoms with Gasteiger partial charge in [0.25, 0.3) is 0 Å². The normalized spacial score (nSPS) is 11.7. The van der Waals surface area contributed by atoms with E-state index in [1.165, 1.54) is 0 Å². The number of nitrogens with zero attached hydrogens (tertiary/aromatic N) is 1. The van der Waals surface area contributed by atoms with E-state index >= 15 is 0 Å². The molecule has 0 spiro atoms. The minimum Gasteiger partial charge on any atom is -0.379 e. The van der Waals surface area contributed by atoms with Crippen molar-refractivity contribution in [2.45, 2.75) is 32.6 Å². The van der Waals surface area contributed by atoms with Gasteiger partial charge in [0.05, 0.1) is 11.3 Å². The van der Waals surface area contributed by atoms with Crippen LogP contribution < -0.4 is 5.32 Å². The summed E-state index contributed by atoms with van der Waals surface area (Å²) in [5, 5.41) is 2.71. The summed E-state index contributed by atoms with van der Waals surface area (Å²) in [5.74, 6) is -0.698. The second kappa shape index (κ2) is 6.20. The van der Waals surface area contributed by atoms with Crippen molar-refractivity contribution in [1.82, 2.24) is 4.57 Å². The highest BCUT2D eigenvalue weighted by Crippen LogP contribution is 2.31. The molecule has 0 saturated carbocycles. The van der Waals surface area contributed by atoms with E-state index in [-0.39, 0.29) is 12.2 Å². The van der Waals surface area contributed by atoms with Gasteiger partial charge >= 0.3 is 6.18 Å². The minimum atomic E-state index is -4.48. The average Bonchev–Trinajstić information content (AvgIpc) is 2.84. The number of aryl methyl sites for hydroxylation is 1. The highest BCUT2D eigenvalue weighted by Gasteiger charge is 2.31. The third-order valence-corrected chi connectivity index (χ3v) is 3.07. The van der Waals surface area contributed by atoms with Crippen molar-refractivity contribution in [3.05, 3.63) is 53.6 Å². The van der Waals surface area contributed by atoms with E-state index in [2.05, 4.69) is 12.2 Å². The molecule has 0 saturated heterocycles. The Balaban J connectivity index is 2.08. The van der Waals surface area contributed by atoms with Gasteiger partial charge in [-0.1, -0.05) is 6.92 Å². The van der Waals surface area contributed by atoms with Crippen LogP contribution in [-0.2, 0) is 19.3 Å². The number of rotatable bonds is 5. The zero-order valence-corrected chi connectivity index (χ0v) is 11.5. The maximum atomic E-state index is 13.6. The van der Waals surface area contributed by atoms with Gasteiger partial charge in [-0.3, -0.25) is 0 Å². The summed E-state index contributed by atoms with van der Waals surface area (Å²) in [4.78, 5) is 0. The number of nitrogens with one attached hydrogen (secondary N) is 1. The molecule has 2 rings (SSSR count). The molecule has 0 radical (unpaired) electrons. The van der Waals surface area contributed by atoms with Gasteiger partial charge in [0.1, 0.15) is 5.82 Å². The molecule has 1 heterocycles. The summed E-state index contributed by atoms with van der Waals surface area (Å²) in [6.45, 7) is 3.20. The summed E-state index contributed by atoms with van der Waals surface area (Å²) in [6.07, 6.45) is 0.295. The van der Waals surface area contributed by atoms with Crippen LogP contribution in [0.15, 0.2) is 36.7 Å². The van der Waals surface area contributed by atoms with Crippen molar-refractivity contribution < 1.29 is 17.6 Å². The van der Waals surface area contributed by atoms with Crippen LogP contribution in [0.1, 0.15) is 24.5 Å². The molecule has 114 valence electrons. The zero-order valence-electron chi connectivity index (χ0n) is 11.5. The molecule has 0 bridgehead atoms. The monoisotopic (exact) mass is 300 g/mol. The molecule has 2 nitrogen and oxygen atoms in total. The van der Waals surface area contributed by atoms with Crippen LogP contribution in [-0.4, -0.2) is 4.57 Å². The molecule has 1 aromatic heterocycles. The Kier molecular flexibility index (Phi) is 4.55. The standard InChI is InChI=1S/C15H16F4N2/c1-2-6-21-7-5-11(10-21)9-20-14-8-12(15(17,18)19)3-4-13(14)16/h3-5,7-8,10,20H,2,6,9H2,1H3. The number of hydrogen-bond acceptors (Lipinski definition) is 1. The fourth-order valence-electron chi connectivity index (χ4n) is 2.03. The average molecular weight is 300 g/mol. The maximum absolute atomic E-state index is 13.6. The molecule has 2 aromatic rings. The predicted octanol–water partition coefficient (Wildman–Crippen LogP) is 4.67. The summed E-state index contributed by atoms with van der Waals surface area (Å²) in [5.41, 5.74) is -0.122. The van der Waals surface area contributed by atoms with Crippen molar-refractivity contribution in [2.24, 2.45) is 0 Å². The summed E-state index contributed by atoms with van der Waals surface area (Å²) < 4.78 is 53.3. The fourth-order valence-corrected chi connectivity index (χ4v) is 2.03. The third kappa shape index (κ3) is 4.00. The maximum Gasteiger partial charge on any atom is 0.416 e. The third-order valence-electron chi connectivity index (χ3n) is 3.07. The van der Waals surface area contributed by atoms with Gasteiger partial charge in [0, 0.05) is 25.5 Å². The molecule has 0 unspecified atom stereocenters. The van der Waals surface area contributed by atoms with E-state index < -0.39 is 17.6 Å². The highest BCUT2D eigenvalue weighted by molar-refractivity contribution is 5.48. The van der Waals surface area contributed by atoms with E-state index in [0.717, 1.165) is 36.7 Å². The van der Waals surface area contributed by atoms with Crippen molar-refractivity contribution in [3.8, 4) is 0 Å². The van der Waals surface area contributed by atoms with Crippen molar-refractivity contribution in [1.29, 1.82) is 0 Å². The molecule has 1 aromatic carbocycles. The lowest BCUT2D eigenvalue weighted by Gasteiger charge is -2.11. The second-order valence-corrected chi connectivity index (χ2v) is 4.80. The molecule has 0 atom stereocenters. The van der Waals surface area contributed by atoms with Crippen LogP contribution in [0.2, 0.25) is 0 Å². The van der Waals surface area contributed by atoms with E-state index in [9.17, 15) is 17.6 Å². The zero-order chi connectivity index (χ0) is 15.5. The molecule has 0 amide bonds. The highest BCUT2D eigenvalue weighted by atomic mass is 19.4. The Morgan fingerprint density at radius 3 is 2.62 bits per heavy atom. The van der Waals surface area contributed by atoms with Crippen molar-refractivity contribution in [2.75, 3.05) is 5.32 Å². The Labute approximate surface area is 120 Å². The van der Waals surface area contributed by atoms with Crippen molar-refractivity contribution >= 4 is 5.69 Å². The van der Waals surface area contributed by atoms with E-state index in [0.29, 0.717) is 0 Å². The largest absolute Gasteiger partial charge is 0.416 e. The molecular formula is C15H16F4N2. The van der Waals surface area contributed by atoms with E-state index in [1.54, 1.807) is 0 Å². The molecular weight excluding hydrogens is 284 g/mol. The van der Waals surface area contributed by atoms with Gasteiger partial charge in [-0.05, 0) is 36.2 Å². The lowest BCUT2D eigenvalue weighted by Crippen LogP contribution is -2.07. The van der Waals surface area contributed by atoms with Gasteiger partial charge < -0.3 is 9.88 Å². The molecule has 21 heavy (non-hydrogen) atoms. The Morgan fingerprint density at radius 2 is 1.95 bits per heavy atom. The van der Waals surface area contributed by atoms with Crippen LogP contribution >= 0.6 is 0 Å². The fraction of sp³-hybridized carbons (Fsp3) is 0.333. The first-order valence-electron chi connectivity index (χ1n) is 6.65. The number of benzene rings is 1. The molecule has 6 heteroatoms. The first-order chi connectivity index (χ1) is 9.90. The van der Waals surface area contributed by atoms with E-state index in [4.69, 9.17) is 0 Å². The molecule has 0 aliphatic heterocycles. The number of anilines is 1. The first kappa shape index (κ1) is 15.4. The van der Waals surface area contributed by atoms with Gasteiger partial charge in [-0.2, -0.15) is 13.2 Å². The van der Waals surface area contributed by atoms with Crippen molar-refractivity contribution in [3.63, 3.8) is 0 Å². The SMILES string of the molecule is CCCn1ccc(CNc2cc(C(F)(F)F)ccc2F)c1. The number of alkyl halides is 3. The number of halogens is 4. The molecule has 0 aliphatic carbocycles. The quantitative estimate of drug-likeness (QED) is 0.794. The van der Waals surface area contributed by atoms with Crippen LogP contribution in [0.25, 0.3) is 0 Å². The van der Waals surface area contributed by atoms with Crippen LogP contribution in [0.4, 0.5) is 23.2 Å². The Bertz CT molecular complexity index is 602. The lowest BCUT2D eigenvalue weighted by atomic mass is 10.2. The van der Waals surface area contributed by atoms with Crippen LogP contribution in [0.5, 0.6) is 0 Å². The topological polar surface area (TPSA) is 17.0 Å². The summed E-state index contributed by atoms with van der Waals surface area (Å²) in [7, 11) is 0. The Hall–Kier alpha value is -1.98. The van der Waals surface area contributed by atoms with Gasteiger partial charge in [-0.15, -0.1) is 0 Å².